The number of carbonyl (C=O) groups is 1. The molecule has 0 amide bonds. The van der Waals surface area contributed by atoms with Gasteiger partial charge in [0.2, 0.25) is 5.97 Å². The molecule has 4 rings (SSSR count). The van der Waals surface area contributed by atoms with Crippen molar-refractivity contribution in [3.8, 4) is 0 Å². The molecule has 2 atom stereocenters. The van der Waals surface area contributed by atoms with E-state index in [0.29, 0.717) is 10.6 Å². The van der Waals surface area contributed by atoms with Crippen molar-refractivity contribution in [3.63, 3.8) is 0 Å². The maximum Gasteiger partial charge on any atom is 0.222 e. The Balaban J connectivity index is 0.00000156. The number of thiazole rings is 1. The van der Waals surface area contributed by atoms with Gasteiger partial charge in [-0.25, -0.2) is 0 Å². The van der Waals surface area contributed by atoms with Crippen LogP contribution in [0.4, 0.5) is 0 Å². The van der Waals surface area contributed by atoms with Crippen molar-refractivity contribution in [1.82, 2.24) is 10.3 Å². The van der Waals surface area contributed by atoms with E-state index in [1.165, 1.54) is 11.3 Å². The zero-order chi connectivity index (χ0) is 15.1. The molecule has 1 aromatic carbocycles. The molecule has 0 fully saturated rings. The number of para-hydroxylation sites is 1. The average Bonchev–Trinajstić information content (AvgIpc) is 2.97. The number of fused-ring (bicyclic) bond motifs is 2. The first kappa shape index (κ1) is 16.1. The number of nitrogens with zero attached hydrogens (tertiary/aromatic N) is 1. The van der Waals surface area contributed by atoms with E-state index in [-0.39, 0.29) is 38.1 Å². The molecule has 2 aromatic rings. The SMILES string of the molecule is CNC1=CC2OC(=O)C(c3nc4ccccc4s3)=[C-]C2C=C1.[Ir]. The predicted octanol–water partition coefficient (Wildman–Crippen LogP) is 2.70. The van der Waals surface area contributed by atoms with Crippen molar-refractivity contribution in [2.24, 2.45) is 5.92 Å². The molecule has 1 aliphatic carbocycles. The molecule has 6 heteroatoms. The van der Waals surface area contributed by atoms with Crippen LogP contribution in [-0.2, 0) is 29.6 Å². The minimum atomic E-state index is -0.359. The zero-order valence-electron chi connectivity index (χ0n) is 12.2. The van der Waals surface area contributed by atoms with E-state index in [1.54, 1.807) is 0 Å². The van der Waals surface area contributed by atoms with Gasteiger partial charge in [0.15, 0.2) is 0 Å². The first-order chi connectivity index (χ1) is 10.7. The summed E-state index contributed by atoms with van der Waals surface area (Å²) in [7, 11) is 1.84. The van der Waals surface area contributed by atoms with Gasteiger partial charge >= 0.3 is 0 Å². The zero-order valence-corrected chi connectivity index (χ0v) is 15.4. The summed E-state index contributed by atoms with van der Waals surface area (Å²) in [6, 6.07) is 7.84. The van der Waals surface area contributed by atoms with Gasteiger partial charge < -0.3 is 19.8 Å². The van der Waals surface area contributed by atoms with Crippen LogP contribution < -0.4 is 5.32 Å². The Hall–Kier alpha value is -1.75. The minimum Gasteiger partial charge on any atom is -0.513 e. The molecule has 119 valence electrons. The molecule has 1 aliphatic heterocycles. The van der Waals surface area contributed by atoms with Gasteiger partial charge in [0.05, 0.1) is 5.52 Å². The molecule has 4 nitrogen and oxygen atoms in total. The van der Waals surface area contributed by atoms with E-state index >= 15 is 0 Å². The number of ether oxygens (including phenoxy) is 1. The summed E-state index contributed by atoms with van der Waals surface area (Å²) in [5.74, 6) is -0.417. The van der Waals surface area contributed by atoms with Gasteiger partial charge in [0.25, 0.3) is 0 Å². The van der Waals surface area contributed by atoms with Crippen molar-refractivity contribution in [3.05, 3.63) is 59.3 Å². The van der Waals surface area contributed by atoms with Crippen LogP contribution in [0.3, 0.4) is 0 Å². The summed E-state index contributed by atoms with van der Waals surface area (Å²) in [6.45, 7) is 0. The van der Waals surface area contributed by atoms with Crippen LogP contribution in [0.2, 0.25) is 0 Å². The molecule has 2 unspecified atom stereocenters. The first-order valence-corrected chi connectivity index (χ1v) is 7.84. The molecule has 1 aromatic heterocycles. The monoisotopic (exact) mass is 502 g/mol. The van der Waals surface area contributed by atoms with E-state index in [4.69, 9.17) is 4.74 Å². The van der Waals surface area contributed by atoms with Crippen LogP contribution >= 0.6 is 11.3 Å². The smallest absolute Gasteiger partial charge is 0.222 e. The van der Waals surface area contributed by atoms with Crippen molar-refractivity contribution in [2.75, 3.05) is 7.05 Å². The molecule has 2 aliphatic rings. The van der Waals surface area contributed by atoms with E-state index < -0.39 is 0 Å². The van der Waals surface area contributed by atoms with Gasteiger partial charge in [-0.05, 0) is 30.2 Å². The Morgan fingerprint density at radius 2 is 2.17 bits per heavy atom. The van der Waals surface area contributed by atoms with Gasteiger partial charge in [-0.3, -0.25) is 0 Å². The normalized spacial score (nSPS) is 22.6. The maximum atomic E-state index is 12.3. The van der Waals surface area contributed by atoms with Gasteiger partial charge in [-0.15, -0.1) is 0 Å². The van der Waals surface area contributed by atoms with Crippen LogP contribution in [-0.4, -0.2) is 24.1 Å². The summed E-state index contributed by atoms with van der Waals surface area (Å²) in [5, 5.41) is 3.72. The second kappa shape index (κ2) is 6.40. The maximum absolute atomic E-state index is 12.3. The summed E-state index contributed by atoms with van der Waals surface area (Å²) in [5.41, 5.74) is 2.27. The quantitative estimate of drug-likeness (QED) is 0.508. The Morgan fingerprint density at radius 1 is 1.35 bits per heavy atom. The van der Waals surface area contributed by atoms with Crippen molar-refractivity contribution in [1.29, 1.82) is 0 Å². The molecule has 1 radical (unpaired) electrons. The van der Waals surface area contributed by atoms with E-state index in [1.807, 2.05) is 49.5 Å². The summed E-state index contributed by atoms with van der Waals surface area (Å²) >= 11 is 1.49. The number of likely N-dealkylation sites (N-methyl/N-ethyl adjacent to an activating group) is 1. The van der Waals surface area contributed by atoms with Gasteiger partial charge in [-0.1, -0.05) is 23.8 Å². The van der Waals surface area contributed by atoms with Crippen molar-refractivity contribution in [2.45, 2.75) is 6.10 Å². The van der Waals surface area contributed by atoms with Crippen LogP contribution in [0.5, 0.6) is 0 Å². The second-order valence-corrected chi connectivity index (χ2v) is 6.16. The van der Waals surface area contributed by atoms with Gasteiger partial charge in [0.1, 0.15) is 6.10 Å². The Labute approximate surface area is 151 Å². The molecule has 0 bridgehead atoms. The van der Waals surface area contributed by atoms with Crippen LogP contribution in [0.1, 0.15) is 5.01 Å². The summed E-state index contributed by atoms with van der Waals surface area (Å²) in [6.07, 6.45) is 8.84. The number of nitrogens with one attached hydrogen (secondary N) is 1. The van der Waals surface area contributed by atoms with Crippen molar-refractivity contribution >= 4 is 33.1 Å². The standard InChI is InChI=1S/C17H13N2O2S.Ir/c1-18-11-7-6-10-8-12(17(20)21-14(10)9-11)16-19-13-4-2-3-5-15(13)22-16;/h2-7,9-10,14,18H,1H3;/q-1;. The Morgan fingerprint density at radius 3 is 2.96 bits per heavy atom. The third kappa shape index (κ3) is 2.90. The predicted molar refractivity (Wildman–Crippen MR) is 85.9 cm³/mol. The van der Waals surface area contributed by atoms with Crippen molar-refractivity contribution < 1.29 is 29.6 Å². The molecular formula is C17H13IrN2O2S-. The topological polar surface area (TPSA) is 51.2 Å². The summed E-state index contributed by atoms with van der Waals surface area (Å²) < 4.78 is 6.60. The van der Waals surface area contributed by atoms with Crippen LogP contribution in [0.15, 0.2) is 48.2 Å². The molecule has 0 saturated heterocycles. The van der Waals surface area contributed by atoms with E-state index in [2.05, 4.69) is 16.4 Å². The van der Waals surface area contributed by atoms with Crippen LogP contribution in [0.25, 0.3) is 15.8 Å². The number of hydrogen-bond donors (Lipinski definition) is 1. The van der Waals surface area contributed by atoms with Gasteiger partial charge in [0, 0.05) is 42.6 Å². The number of allylic oxidation sites excluding steroid dienone is 1. The molecule has 0 spiro atoms. The average molecular weight is 502 g/mol. The van der Waals surface area contributed by atoms with E-state index in [0.717, 1.165) is 15.9 Å². The second-order valence-electron chi connectivity index (χ2n) is 5.13. The molecule has 1 N–H and O–H groups in total. The van der Waals surface area contributed by atoms with Gasteiger partial charge in [-0.2, -0.15) is 17.4 Å². The number of benzene rings is 1. The number of carbonyl (C=O) groups excluding carboxylic acids is 1. The number of hydrogen-bond acceptors (Lipinski definition) is 5. The molecule has 2 heterocycles. The molecular weight excluding hydrogens is 488 g/mol. The summed E-state index contributed by atoms with van der Waals surface area (Å²) in [4.78, 5) is 16.8. The first-order valence-electron chi connectivity index (χ1n) is 7.03. The third-order valence-corrected chi connectivity index (χ3v) is 4.79. The largest absolute Gasteiger partial charge is 0.513 e. The Kier molecular flexibility index (Phi) is 4.48. The fourth-order valence-corrected chi connectivity index (χ4v) is 3.56. The molecule has 23 heavy (non-hydrogen) atoms. The fraction of sp³-hybridized carbons (Fsp3) is 0.176. The third-order valence-electron chi connectivity index (χ3n) is 3.74. The fourth-order valence-electron chi connectivity index (χ4n) is 2.59. The number of aromatic nitrogens is 1. The number of rotatable bonds is 2. The Bertz CT molecular complexity index is 820. The van der Waals surface area contributed by atoms with E-state index in [9.17, 15) is 4.79 Å². The molecule has 0 saturated carbocycles. The number of esters is 1. The van der Waals surface area contributed by atoms with Crippen LogP contribution in [0, 0.1) is 12.0 Å². The minimum absolute atomic E-state index is 0.